The van der Waals surface area contributed by atoms with E-state index in [1.165, 1.54) is 6.07 Å². The summed E-state index contributed by atoms with van der Waals surface area (Å²) in [6, 6.07) is 6.62. The summed E-state index contributed by atoms with van der Waals surface area (Å²) in [5, 5.41) is 3.16. The van der Waals surface area contributed by atoms with E-state index < -0.39 is 11.8 Å². The minimum absolute atomic E-state index is 0.260. The topological polar surface area (TPSA) is 55.9 Å². The molecule has 0 radical (unpaired) electrons. The van der Waals surface area contributed by atoms with E-state index >= 15 is 0 Å². The molecule has 7 heteroatoms. The maximum atomic E-state index is 13.8. The first-order valence-corrected chi connectivity index (χ1v) is 7.95. The van der Waals surface area contributed by atoms with Crippen molar-refractivity contribution in [3.05, 3.63) is 30.1 Å². The normalized spacial score (nSPS) is 18.9. The van der Waals surface area contributed by atoms with Crippen molar-refractivity contribution in [1.29, 1.82) is 0 Å². The Kier molecular flexibility index (Phi) is 4.76. The molecule has 2 aliphatic rings. The first-order chi connectivity index (χ1) is 11.2. The van der Waals surface area contributed by atoms with Gasteiger partial charge in [0.05, 0.1) is 5.69 Å². The number of para-hydroxylation sites is 1. The van der Waals surface area contributed by atoms with Crippen LogP contribution in [-0.2, 0) is 9.59 Å². The highest BCUT2D eigenvalue weighted by atomic mass is 19.1. The van der Waals surface area contributed by atoms with Crippen LogP contribution in [0.1, 0.15) is 0 Å². The van der Waals surface area contributed by atoms with Gasteiger partial charge in [0, 0.05) is 52.4 Å². The predicted octanol–water partition coefficient (Wildman–Crippen LogP) is -0.0939. The summed E-state index contributed by atoms with van der Waals surface area (Å²) < 4.78 is 13.8. The predicted molar refractivity (Wildman–Crippen MR) is 84.6 cm³/mol. The lowest BCUT2D eigenvalue weighted by Crippen LogP contribution is -2.56. The van der Waals surface area contributed by atoms with Crippen LogP contribution in [0.5, 0.6) is 0 Å². The van der Waals surface area contributed by atoms with Gasteiger partial charge in [0.25, 0.3) is 0 Å². The van der Waals surface area contributed by atoms with Gasteiger partial charge < -0.3 is 20.0 Å². The second kappa shape index (κ2) is 6.95. The molecule has 0 bridgehead atoms. The van der Waals surface area contributed by atoms with E-state index in [1.54, 1.807) is 28.0 Å². The van der Waals surface area contributed by atoms with Gasteiger partial charge >= 0.3 is 11.8 Å². The third kappa shape index (κ3) is 3.44. The fourth-order valence-corrected chi connectivity index (χ4v) is 3.00. The largest absolute Gasteiger partial charge is 0.366 e. The van der Waals surface area contributed by atoms with Gasteiger partial charge in [0.15, 0.2) is 0 Å². The molecule has 0 saturated carbocycles. The highest BCUT2D eigenvalue weighted by Crippen LogP contribution is 2.20. The third-order valence-electron chi connectivity index (χ3n) is 4.35. The molecule has 2 amide bonds. The van der Waals surface area contributed by atoms with Crippen LogP contribution >= 0.6 is 0 Å². The third-order valence-corrected chi connectivity index (χ3v) is 4.35. The molecule has 2 fully saturated rings. The molecule has 0 unspecified atom stereocenters. The molecular weight excluding hydrogens is 299 g/mol. The van der Waals surface area contributed by atoms with Crippen LogP contribution in [0.25, 0.3) is 0 Å². The van der Waals surface area contributed by atoms with Crippen molar-refractivity contribution in [2.75, 3.05) is 57.3 Å². The van der Waals surface area contributed by atoms with Gasteiger partial charge in [-0.2, -0.15) is 0 Å². The number of rotatable bonds is 1. The first-order valence-electron chi connectivity index (χ1n) is 7.95. The van der Waals surface area contributed by atoms with Gasteiger partial charge in [-0.3, -0.25) is 9.59 Å². The number of halogens is 1. The molecule has 1 N–H and O–H groups in total. The molecular formula is C16H21FN4O2. The van der Waals surface area contributed by atoms with E-state index in [2.05, 4.69) is 5.32 Å². The zero-order chi connectivity index (χ0) is 16.2. The monoisotopic (exact) mass is 320 g/mol. The Labute approximate surface area is 134 Å². The van der Waals surface area contributed by atoms with Crippen molar-refractivity contribution >= 4 is 17.5 Å². The molecule has 2 saturated heterocycles. The molecule has 2 aliphatic heterocycles. The molecule has 1 aromatic rings. The second-order valence-corrected chi connectivity index (χ2v) is 5.77. The Balaban J connectivity index is 1.57. The number of hydrogen-bond donors (Lipinski definition) is 1. The van der Waals surface area contributed by atoms with Crippen molar-refractivity contribution in [2.24, 2.45) is 0 Å². The minimum atomic E-state index is -0.444. The van der Waals surface area contributed by atoms with Gasteiger partial charge in [-0.1, -0.05) is 12.1 Å². The Bertz CT molecular complexity index is 581. The number of amides is 2. The number of piperazine rings is 2. The molecule has 0 atom stereocenters. The molecule has 0 aromatic heterocycles. The number of benzene rings is 1. The van der Waals surface area contributed by atoms with Crippen LogP contribution in [0.2, 0.25) is 0 Å². The molecule has 1 aromatic carbocycles. The summed E-state index contributed by atoms with van der Waals surface area (Å²) in [5.74, 6) is -1.13. The van der Waals surface area contributed by atoms with Crippen LogP contribution in [0.3, 0.4) is 0 Å². The van der Waals surface area contributed by atoms with Gasteiger partial charge in [-0.25, -0.2) is 4.39 Å². The quantitative estimate of drug-likeness (QED) is 0.735. The number of anilines is 1. The van der Waals surface area contributed by atoms with Crippen molar-refractivity contribution in [2.45, 2.75) is 0 Å². The molecule has 124 valence electrons. The number of carbonyl (C=O) groups is 2. The molecule has 23 heavy (non-hydrogen) atoms. The summed E-state index contributed by atoms with van der Waals surface area (Å²) in [7, 11) is 0. The SMILES string of the molecule is O=C(C(=O)N1CCN(c2ccccc2F)CC1)N1CCNCC1. The highest BCUT2D eigenvalue weighted by molar-refractivity contribution is 6.34. The summed E-state index contributed by atoms with van der Waals surface area (Å²) in [5.41, 5.74) is 0.549. The molecule has 2 heterocycles. The standard InChI is InChI=1S/C16H21FN4O2/c17-13-3-1-2-4-14(13)19-9-11-21(12-10-19)16(23)15(22)20-7-5-18-6-8-20/h1-4,18H,5-12H2. The molecule has 0 spiro atoms. The van der Waals surface area contributed by atoms with Crippen molar-refractivity contribution < 1.29 is 14.0 Å². The smallest absolute Gasteiger partial charge is 0.312 e. The molecule has 6 nitrogen and oxygen atoms in total. The molecule has 3 rings (SSSR count). The summed E-state index contributed by atoms with van der Waals surface area (Å²) in [4.78, 5) is 29.6. The lowest BCUT2D eigenvalue weighted by molar-refractivity contribution is -0.152. The highest BCUT2D eigenvalue weighted by Gasteiger charge is 2.30. The van der Waals surface area contributed by atoms with Crippen molar-refractivity contribution in [3.8, 4) is 0 Å². The lowest BCUT2D eigenvalue weighted by atomic mass is 10.2. The van der Waals surface area contributed by atoms with Gasteiger partial charge in [0.2, 0.25) is 0 Å². The Morgan fingerprint density at radius 2 is 1.43 bits per heavy atom. The summed E-state index contributed by atoms with van der Waals surface area (Å²) in [6.07, 6.45) is 0. The zero-order valence-corrected chi connectivity index (χ0v) is 13.0. The van der Waals surface area contributed by atoms with Crippen molar-refractivity contribution in [1.82, 2.24) is 15.1 Å². The van der Waals surface area contributed by atoms with Gasteiger partial charge in [0.1, 0.15) is 5.82 Å². The van der Waals surface area contributed by atoms with Crippen LogP contribution < -0.4 is 10.2 Å². The number of carbonyl (C=O) groups excluding carboxylic acids is 2. The Morgan fingerprint density at radius 1 is 0.870 bits per heavy atom. The van der Waals surface area contributed by atoms with Crippen molar-refractivity contribution in [3.63, 3.8) is 0 Å². The number of nitrogens with one attached hydrogen (secondary N) is 1. The maximum Gasteiger partial charge on any atom is 0.312 e. The average molecular weight is 320 g/mol. The van der Waals surface area contributed by atoms with E-state index in [4.69, 9.17) is 0 Å². The number of nitrogens with zero attached hydrogens (tertiary/aromatic N) is 3. The fraction of sp³-hybridized carbons (Fsp3) is 0.500. The summed E-state index contributed by atoms with van der Waals surface area (Å²) >= 11 is 0. The summed E-state index contributed by atoms with van der Waals surface area (Å²) in [6.45, 7) is 4.51. The van der Waals surface area contributed by atoms with E-state index in [-0.39, 0.29) is 5.82 Å². The lowest BCUT2D eigenvalue weighted by Gasteiger charge is -2.37. The van der Waals surface area contributed by atoms with Gasteiger partial charge in [-0.15, -0.1) is 0 Å². The van der Waals surface area contributed by atoms with Crippen LogP contribution in [-0.4, -0.2) is 74.0 Å². The Hall–Kier alpha value is -2.15. The van der Waals surface area contributed by atoms with Crippen LogP contribution in [0.15, 0.2) is 24.3 Å². The van der Waals surface area contributed by atoms with E-state index in [9.17, 15) is 14.0 Å². The average Bonchev–Trinajstić information content (AvgIpc) is 2.62. The van der Waals surface area contributed by atoms with E-state index in [0.717, 1.165) is 13.1 Å². The second-order valence-electron chi connectivity index (χ2n) is 5.77. The zero-order valence-electron chi connectivity index (χ0n) is 13.0. The first kappa shape index (κ1) is 15.7. The van der Waals surface area contributed by atoms with E-state index in [1.807, 2.05) is 4.90 Å². The maximum absolute atomic E-state index is 13.8. The fourth-order valence-electron chi connectivity index (χ4n) is 3.00. The van der Waals surface area contributed by atoms with E-state index in [0.29, 0.717) is 45.0 Å². The van der Waals surface area contributed by atoms with Crippen LogP contribution in [0.4, 0.5) is 10.1 Å². The number of hydrogen-bond acceptors (Lipinski definition) is 4. The minimum Gasteiger partial charge on any atom is -0.366 e. The van der Waals surface area contributed by atoms with Crippen LogP contribution in [0, 0.1) is 5.82 Å². The molecule has 0 aliphatic carbocycles. The van der Waals surface area contributed by atoms with Gasteiger partial charge in [-0.05, 0) is 12.1 Å². The Morgan fingerprint density at radius 3 is 2.04 bits per heavy atom.